The predicted molar refractivity (Wildman–Crippen MR) is 53.7 cm³/mol. The molecule has 0 atom stereocenters. The highest BCUT2D eigenvalue weighted by molar-refractivity contribution is 6.29. The van der Waals surface area contributed by atoms with Crippen molar-refractivity contribution in [2.45, 2.75) is 0 Å². The maximum atomic E-state index is 8.64. The van der Waals surface area contributed by atoms with Crippen LogP contribution in [0.3, 0.4) is 0 Å². The zero-order chi connectivity index (χ0) is 9.97. The average Bonchev–Trinajstić information content (AvgIpc) is 2.66. The molecule has 2 rings (SSSR count). The van der Waals surface area contributed by atoms with Crippen LogP contribution in [0, 0.1) is 11.3 Å². The standard InChI is InChI=1S/C10H6ClN3/c11-10-4-8(1-2-13-10)9-3-7(5-12)6-14-9/h1-4,6,14H. The second-order valence-electron chi connectivity index (χ2n) is 2.78. The topological polar surface area (TPSA) is 52.5 Å². The Bertz CT molecular complexity index is 496. The Kier molecular flexibility index (Phi) is 2.21. The third-order valence-electron chi connectivity index (χ3n) is 1.85. The summed E-state index contributed by atoms with van der Waals surface area (Å²) in [4.78, 5) is 6.87. The van der Waals surface area contributed by atoms with E-state index < -0.39 is 0 Å². The molecule has 68 valence electrons. The molecule has 0 saturated carbocycles. The second kappa shape index (κ2) is 3.52. The van der Waals surface area contributed by atoms with Crippen molar-refractivity contribution in [3.63, 3.8) is 0 Å². The summed E-state index contributed by atoms with van der Waals surface area (Å²) in [5.41, 5.74) is 2.39. The van der Waals surface area contributed by atoms with E-state index in [-0.39, 0.29) is 0 Å². The second-order valence-corrected chi connectivity index (χ2v) is 3.17. The van der Waals surface area contributed by atoms with E-state index in [9.17, 15) is 0 Å². The Morgan fingerprint density at radius 2 is 2.29 bits per heavy atom. The number of nitrogens with one attached hydrogen (secondary N) is 1. The van der Waals surface area contributed by atoms with Gasteiger partial charge in [-0.3, -0.25) is 0 Å². The molecule has 0 aliphatic carbocycles. The van der Waals surface area contributed by atoms with Gasteiger partial charge in [0.15, 0.2) is 0 Å². The normalized spacial score (nSPS) is 9.71. The van der Waals surface area contributed by atoms with Crippen LogP contribution < -0.4 is 0 Å². The van der Waals surface area contributed by atoms with Crippen molar-refractivity contribution in [2.24, 2.45) is 0 Å². The zero-order valence-corrected chi connectivity index (χ0v) is 7.92. The molecule has 0 spiro atoms. The lowest BCUT2D eigenvalue weighted by molar-refractivity contribution is 1.31. The third kappa shape index (κ3) is 1.61. The molecule has 0 saturated heterocycles. The van der Waals surface area contributed by atoms with Crippen molar-refractivity contribution in [2.75, 3.05) is 0 Å². The molecule has 3 nitrogen and oxygen atoms in total. The molecule has 14 heavy (non-hydrogen) atoms. The van der Waals surface area contributed by atoms with Crippen LogP contribution in [0.2, 0.25) is 5.15 Å². The number of pyridine rings is 1. The quantitative estimate of drug-likeness (QED) is 0.725. The lowest BCUT2D eigenvalue weighted by Crippen LogP contribution is -1.78. The molecule has 2 heterocycles. The minimum absolute atomic E-state index is 0.440. The molecular formula is C10H6ClN3. The monoisotopic (exact) mass is 203 g/mol. The molecular weight excluding hydrogens is 198 g/mol. The fraction of sp³-hybridized carbons (Fsp3) is 0. The van der Waals surface area contributed by atoms with Crippen molar-refractivity contribution in [1.82, 2.24) is 9.97 Å². The molecule has 0 aliphatic heterocycles. The van der Waals surface area contributed by atoms with E-state index in [1.165, 1.54) is 0 Å². The molecule has 0 amide bonds. The Labute approximate surface area is 86.0 Å². The van der Waals surface area contributed by atoms with Gasteiger partial charge in [0.05, 0.1) is 5.56 Å². The van der Waals surface area contributed by atoms with Crippen LogP contribution in [0.4, 0.5) is 0 Å². The molecule has 1 N–H and O–H groups in total. The van der Waals surface area contributed by atoms with Gasteiger partial charge in [-0.25, -0.2) is 4.98 Å². The van der Waals surface area contributed by atoms with E-state index in [2.05, 4.69) is 16.0 Å². The molecule has 0 unspecified atom stereocenters. The number of nitrogens with zero attached hydrogens (tertiary/aromatic N) is 2. The van der Waals surface area contributed by atoms with Crippen LogP contribution in [0.25, 0.3) is 11.3 Å². The van der Waals surface area contributed by atoms with Crippen LogP contribution in [0.1, 0.15) is 5.56 Å². The maximum absolute atomic E-state index is 8.64. The third-order valence-corrected chi connectivity index (χ3v) is 2.06. The number of hydrogen-bond donors (Lipinski definition) is 1. The first-order valence-corrected chi connectivity index (χ1v) is 4.38. The molecule has 2 aromatic rings. The van der Waals surface area contributed by atoms with Crippen LogP contribution >= 0.6 is 11.6 Å². The number of H-pyrrole nitrogens is 1. The summed E-state index contributed by atoms with van der Waals surface area (Å²) in [5, 5.41) is 9.08. The number of hydrogen-bond acceptors (Lipinski definition) is 2. The highest BCUT2D eigenvalue weighted by atomic mass is 35.5. The SMILES string of the molecule is N#Cc1c[nH]c(-c2ccnc(Cl)c2)c1. The van der Waals surface area contributed by atoms with Crippen LogP contribution in [-0.2, 0) is 0 Å². The summed E-state index contributed by atoms with van der Waals surface area (Å²) in [6.07, 6.45) is 3.29. The summed E-state index contributed by atoms with van der Waals surface area (Å²) in [6, 6.07) is 7.40. The van der Waals surface area contributed by atoms with Crippen molar-refractivity contribution < 1.29 is 0 Å². The summed E-state index contributed by atoms with van der Waals surface area (Å²) in [6.45, 7) is 0. The first kappa shape index (κ1) is 8.79. The molecule has 4 heteroatoms. The largest absolute Gasteiger partial charge is 0.360 e. The first-order valence-electron chi connectivity index (χ1n) is 4.00. The average molecular weight is 204 g/mol. The van der Waals surface area contributed by atoms with Gasteiger partial charge in [-0.15, -0.1) is 0 Å². The van der Waals surface area contributed by atoms with E-state index in [1.807, 2.05) is 6.07 Å². The highest BCUT2D eigenvalue weighted by Gasteiger charge is 2.01. The number of aromatic amines is 1. The number of rotatable bonds is 1. The van der Waals surface area contributed by atoms with Gasteiger partial charge in [0.2, 0.25) is 0 Å². The zero-order valence-electron chi connectivity index (χ0n) is 7.16. The molecule has 2 aromatic heterocycles. The van der Waals surface area contributed by atoms with Crippen molar-refractivity contribution >= 4 is 11.6 Å². The van der Waals surface area contributed by atoms with Gasteiger partial charge in [-0.05, 0) is 18.2 Å². The number of aromatic nitrogens is 2. The van der Waals surface area contributed by atoms with E-state index >= 15 is 0 Å². The van der Waals surface area contributed by atoms with Crippen molar-refractivity contribution in [1.29, 1.82) is 5.26 Å². The molecule has 0 aromatic carbocycles. The molecule has 0 fully saturated rings. The van der Waals surface area contributed by atoms with Crippen LogP contribution in [-0.4, -0.2) is 9.97 Å². The maximum Gasteiger partial charge on any atom is 0.129 e. The molecule has 0 aliphatic rings. The molecule has 0 bridgehead atoms. The predicted octanol–water partition coefficient (Wildman–Crippen LogP) is 2.60. The van der Waals surface area contributed by atoms with Crippen LogP contribution in [0.5, 0.6) is 0 Å². The first-order chi connectivity index (χ1) is 6.79. The van der Waals surface area contributed by atoms with E-state index in [0.717, 1.165) is 11.3 Å². The van der Waals surface area contributed by atoms with Gasteiger partial charge in [-0.1, -0.05) is 11.6 Å². The van der Waals surface area contributed by atoms with Crippen LogP contribution in [0.15, 0.2) is 30.6 Å². The van der Waals surface area contributed by atoms with Crippen molar-refractivity contribution in [3.05, 3.63) is 41.3 Å². The summed E-state index contributed by atoms with van der Waals surface area (Å²) in [5.74, 6) is 0. The smallest absolute Gasteiger partial charge is 0.129 e. The van der Waals surface area contributed by atoms with E-state index in [1.54, 1.807) is 24.5 Å². The Balaban J connectivity index is 2.45. The number of halogens is 1. The van der Waals surface area contributed by atoms with E-state index in [4.69, 9.17) is 16.9 Å². The van der Waals surface area contributed by atoms with Crippen molar-refractivity contribution in [3.8, 4) is 17.3 Å². The van der Waals surface area contributed by atoms with E-state index in [0.29, 0.717) is 10.7 Å². The Hall–Kier alpha value is -1.79. The summed E-state index contributed by atoms with van der Waals surface area (Å²) < 4.78 is 0. The van der Waals surface area contributed by atoms with Gasteiger partial charge in [-0.2, -0.15) is 5.26 Å². The number of nitriles is 1. The Morgan fingerprint density at radius 1 is 1.43 bits per heavy atom. The Morgan fingerprint density at radius 3 is 2.93 bits per heavy atom. The van der Waals surface area contributed by atoms with Gasteiger partial charge < -0.3 is 4.98 Å². The summed E-state index contributed by atoms with van der Waals surface area (Å²) >= 11 is 5.75. The van der Waals surface area contributed by atoms with Gasteiger partial charge in [0, 0.05) is 23.7 Å². The lowest BCUT2D eigenvalue weighted by atomic mass is 10.2. The van der Waals surface area contributed by atoms with Gasteiger partial charge in [0.25, 0.3) is 0 Å². The minimum atomic E-state index is 0.440. The minimum Gasteiger partial charge on any atom is -0.360 e. The lowest BCUT2D eigenvalue weighted by Gasteiger charge is -1.96. The van der Waals surface area contributed by atoms with Gasteiger partial charge in [0.1, 0.15) is 11.2 Å². The fourth-order valence-corrected chi connectivity index (χ4v) is 1.37. The van der Waals surface area contributed by atoms with Gasteiger partial charge >= 0.3 is 0 Å². The molecule has 0 radical (unpaired) electrons. The highest BCUT2D eigenvalue weighted by Crippen LogP contribution is 2.20. The fourth-order valence-electron chi connectivity index (χ4n) is 1.20. The summed E-state index contributed by atoms with van der Waals surface area (Å²) in [7, 11) is 0.